The molecular weight excluding hydrogens is 246 g/mol. The summed E-state index contributed by atoms with van der Waals surface area (Å²) >= 11 is 0. The molecule has 0 fully saturated rings. The molecule has 6 nitrogen and oxygen atoms in total. The number of rotatable bonds is 6. The van der Waals surface area contributed by atoms with Crippen molar-refractivity contribution in [1.82, 2.24) is 15.2 Å². The number of ether oxygens (including phenoxy) is 1. The molecule has 1 aromatic heterocycles. The third-order valence-corrected chi connectivity index (χ3v) is 2.70. The Bertz CT molecular complexity index is 483. The molecule has 0 aliphatic carbocycles. The van der Waals surface area contributed by atoms with E-state index in [0.717, 1.165) is 12.1 Å². The molecule has 1 aromatic rings. The van der Waals surface area contributed by atoms with Crippen LogP contribution in [-0.4, -0.2) is 30.8 Å². The maximum Gasteiger partial charge on any atom is 0.314 e. The monoisotopic (exact) mass is 267 g/mol. The number of nitrogens with one attached hydrogen (secondary N) is 2. The van der Waals surface area contributed by atoms with Gasteiger partial charge in [0.25, 0.3) is 5.56 Å². The lowest BCUT2D eigenvalue weighted by atomic mass is 10.3. The SMILES string of the molecule is CCCNC(=O)NCCn1c(C)cc(OC)cc1=O. The van der Waals surface area contributed by atoms with Crippen molar-refractivity contribution < 1.29 is 9.53 Å². The first-order valence-corrected chi connectivity index (χ1v) is 6.35. The Morgan fingerprint density at radius 1 is 1.32 bits per heavy atom. The Labute approximate surface area is 112 Å². The molecule has 0 atom stereocenters. The predicted octanol–water partition coefficient (Wildman–Crippen LogP) is 0.875. The molecule has 2 amide bonds. The Morgan fingerprint density at radius 2 is 2.00 bits per heavy atom. The summed E-state index contributed by atoms with van der Waals surface area (Å²) in [5.41, 5.74) is 0.674. The standard InChI is InChI=1S/C13H21N3O3/c1-4-5-14-13(18)15-6-7-16-10(2)8-11(19-3)9-12(16)17/h8-9H,4-7H2,1-3H3,(H2,14,15,18). The number of aryl methyl sites for hydroxylation is 1. The van der Waals surface area contributed by atoms with E-state index in [9.17, 15) is 9.59 Å². The van der Waals surface area contributed by atoms with E-state index < -0.39 is 0 Å². The lowest BCUT2D eigenvalue weighted by molar-refractivity contribution is 0.240. The summed E-state index contributed by atoms with van der Waals surface area (Å²) in [6, 6.07) is 3.02. The van der Waals surface area contributed by atoms with Crippen molar-refractivity contribution >= 4 is 6.03 Å². The quantitative estimate of drug-likeness (QED) is 0.803. The van der Waals surface area contributed by atoms with E-state index in [0.29, 0.717) is 25.4 Å². The zero-order chi connectivity index (χ0) is 14.3. The molecule has 1 rings (SSSR count). The lowest BCUT2D eigenvalue weighted by Crippen LogP contribution is -2.38. The van der Waals surface area contributed by atoms with Gasteiger partial charge in [-0.25, -0.2) is 4.79 Å². The number of amides is 2. The number of carbonyl (C=O) groups excluding carboxylic acids is 1. The van der Waals surface area contributed by atoms with Gasteiger partial charge in [0, 0.05) is 31.4 Å². The van der Waals surface area contributed by atoms with Gasteiger partial charge in [0.05, 0.1) is 7.11 Å². The number of nitrogens with zero attached hydrogens (tertiary/aromatic N) is 1. The first kappa shape index (κ1) is 15.1. The third kappa shape index (κ3) is 4.65. The van der Waals surface area contributed by atoms with Crippen LogP contribution in [0.4, 0.5) is 4.79 Å². The van der Waals surface area contributed by atoms with Crippen LogP contribution in [0.1, 0.15) is 19.0 Å². The van der Waals surface area contributed by atoms with Crippen LogP contribution < -0.4 is 20.9 Å². The molecule has 19 heavy (non-hydrogen) atoms. The topological polar surface area (TPSA) is 72.4 Å². The molecule has 0 radical (unpaired) electrons. The predicted molar refractivity (Wildman–Crippen MR) is 73.7 cm³/mol. The Morgan fingerprint density at radius 3 is 2.58 bits per heavy atom. The van der Waals surface area contributed by atoms with Crippen molar-refractivity contribution in [2.45, 2.75) is 26.8 Å². The second kappa shape index (κ2) is 7.45. The average molecular weight is 267 g/mol. The summed E-state index contributed by atoms with van der Waals surface area (Å²) < 4.78 is 6.62. The molecule has 6 heteroatoms. The number of urea groups is 1. The molecule has 0 aliphatic heterocycles. The maximum atomic E-state index is 11.8. The van der Waals surface area contributed by atoms with Gasteiger partial charge in [-0.2, -0.15) is 0 Å². The van der Waals surface area contributed by atoms with E-state index >= 15 is 0 Å². The summed E-state index contributed by atoms with van der Waals surface area (Å²) in [6.45, 7) is 5.31. The van der Waals surface area contributed by atoms with Crippen LogP contribution in [0.5, 0.6) is 5.75 Å². The first-order valence-electron chi connectivity index (χ1n) is 6.35. The van der Waals surface area contributed by atoms with Gasteiger partial charge in [-0.1, -0.05) is 6.92 Å². The minimum Gasteiger partial charge on any atom is -0.496 e. The second-order valence-electron chi connectivity index (χ2n) is 4.21. The Hall–Kier alpha value is -1.98. The number of carbonyl (C=O) groups is 1. The summed E-state index contributed by atoms with van der Waals surface area (Å²) in [5, 5.41) is 5.42. The molecule has 0 bridgehead atoms. The highest BCUT2D eigenvalue weighted by molar-refractivity contribution is 5.73. The van der Waals surface area contributed by atoms with Crippen LogP contribution in [0.3, 0.4) is 0 Å². The van der Waals surface area contributed by atoms with Gasteiger partial charge in [-0.3, -0.25) is 4.79 Å². The van der Waals surface area contributed by atoms with Gasteiger partial charge in [0.15, 0.2) is 0 Å². The summed E-state index contributed by atoms with van der Waals surface area (Å²) in [7, 11) is 1.53. The fourth-order valence-electron chi connectivity index (χ4n) is 1.69. The Kier molecular flexibility index (Phi) is 5.92. The molecule has 2 N–H and O–H groups in total. The van der Waals surface area contributed by atoms with Gasteiger partial charge in [-0.15, -0.1) is 0 Å². The fraction of sp³-hybridized carbons (Fsp3) is 0.538. The summed E-state index contributed by atoms with van der Waals surface area (Å²) in [6.07, 6.45) is 0.893. The highest BCUT2D eigenvalue weighted by Crippen LogP contribution is 2.08. The number of hydrogen-bond acceptors (Lipinski definition) is 3. The van der Waals surface area contributed by atoms with E-state index in [-0.39, 0.29) is 11.6 Å². The van der Waals surface area contributed by atoms with Crippen LogP contribution in [0.25, 0.3) is 0 Å². The smallest absolute Gasteiger partial charge is 0.314 e. The van der Waals surface area contributed by atoms with Crippen molar-refractivity contribution in [3.8, 4) is 5.75 Å². The van der Waals surface area contributed by atoms with Gasteiger partial charge < -0.3 is 19.9 Å². The van der Waals surface area contributed by atoms with E-state index in [4.69, 9.17) is 4.74 Å². The van der Waals surface area contributed by atoms with Crippen LogP contribution in [0.2, 0.25) is 0 Å². The van der Waals surface area contributed by atoms with Crippen molar-refractivity contribution in [1.29, 1.82) is 0 Å². The minimum atomic E-state index is -0.207. The summed E-state index contributed by atoms with van der Waals surface area (Å²) in [5.74, 6) is 0.549. The van der Waals surface area contributed by atoms with Crippen molar-refractivity contribution in [2.75, 3.05) is 20.2 Å². The van der Waals surface area contributed by atoms with E-state index in [1.165, 1.54) is 13.2 Å². The molecule has 106 valence electrons. The number of pyridine rings is 1. The second-order valence-corrected chi connectivity index (χ2v) is 4.21. The van der Waals surface area contributed by atoms with Crippen molar-refractivity contribution in [2.24, 2.45) is 0 Å². The highest BCUT2D eigenvalue weighted by atomic mass is 16.5. The zero-order valence-corrected chi connectivity index (χ0v) is 11.7. The molecule has 0 saturated carbocycles. The average Bonchev–Trinajstić information content (AvgIpc) is 2.39. The number of methoxy groups -OCH3 is 1. The highest BCUT2D eigenvalue weighted by Gasteiger charge is 2.04. The molecule has 1 heterocycles. The van der Waals surface area contributed by atoms with Crippen molar-refractivity contribution in [3.05, 3.63) is 28.2 Å². The Balaban J connectivity index is 2.54. The number of aromatic nitrogens is 1. The summed E-state index contributed by atoms with van der Waals surface area (Å²) in [4.78, 5) is 23.2. The fourth-order valence-corrected chi connectivity index (χ4v) is 1.69. The minimum absolute atomic E-state index is 0.132. The normalized spacial score (nSPS) is 10.1. The molecule has 0 spiro atoms. The van der Waals surface area contributed by atoms with E-state index in [1.54, 1.807) is 10.6 Å². The van der Waals surface area contributed by atoms with E-state index in [2.05, 4.69) is 10.6 Å². The molecule has 0 aromatic carbocycles. The first-order chi connectivity index (χ1) is 9.08. The molecule has 0 aliphatic rings. The molecule has 0 saturated heterocycles. The lowest BCUT2D eigenvalue weighted by Gasteiger charge is -2.12. The molecule has 0 unspecified atom stereocenters. The third-order valence-electron chi connectivity index (χ3n) is 2.70. The van der Waals surface area contributed by atoms with E-state index in [1.807, 2.05) is 13.8 Å². The van der Waals surface area contributed by atoms with Crippen LogP contribution in [-0.2, 0) is 6.54 Å². The van der Waals surface area contributed by atoms with Crippen LogP contribution in [0.15, 0.2) is 16.9 Å². The van der Waals surface area contributed by atoms with Crippen molar-refractivity contribution in [3.63, 3.8) is 0 Å². The largest absolute Gasteiger partial charge is 0.496 e. The molecular formula is C13H21N3O3. The van der Waals surface area contributed by atoms with Gasteiger partial charge >= 0.3 is 6.03 Å². The number of hydrogen-bond donors (Lipinski definition) is 2. The van der Waals surface area contributed by atoms with Gasteiger partial charge in [0.1, 0.15) is 5.75 Å². The van der Waals surface area contributed by atoms with Crippen LogP contribution >= 0.6 is 0 Å². The zero-order valence-electron chi connectivity index (χ0n) is 11.7. The maximum absolute atomic E-state index is 11.8. The van der Waals surface area contributed by atoms with Gasteiger partial charge in [0.2, 0.25) is 0 Å². The van der Waals surface area contributed by atoms with Gasteiger partial charge in [-0.05, 0) is 19.4 Å². The van der Waals surface area contributed by atoms with Crippen LogP contribution in [0, 0.1) is 6.92 Å².